The van der Waals surface area contributed by atoms with Crippen molar-refractivity contribution in [2.45, 2.75) is 26.5 Å². The molecule has 0 bridgehead atoms. The van der Waals surface area contributed by atoms with Crippen LogP contribution in [0.15, 0.2) is 41.2 Å². The molecule has 0 aliphatic rings. The molecule has 0 unspecified atom stereocenters. The first kappa shape index (κ1) is 14.8. The van der Waals surface area contributed by atoms with Gasteiger partial charge >= 0.3 is 0 Å². The van der Waals surface area contributed by atoms with E-state index in [-0.39, 0.29) is 23.9 Å². The van der Waals surface area contributed by atoms with Crippen LogP contribution < -0.4 is 16.0 Å². The fourth-order valence-electron chi connectivity index (χ4n) is 1.81. The Balaban J connectivity index is 2.20. The third-order valence-corrected chi connectivity index (χ3v) is 2.75. The molecule has 0 fully saturated rings. The van der Waals surface area contributed by atoms with Gasteiger partial charge in [-0.15, -0.1) is 0 Å². The molecule has 0 atom stereocenters. The molecule has 2 aromatic rings. The Kier molecular flexibility index (Phi) is 4.37. The van der Waals surface area contributed by atoms with Crippen molar-refractivity contribution in [1.82, 2.24) is 9.78 Å². The quantitative estimate of drug-likeness (QED) is 0.894. The van der Waals surface area contributed by atoms with E-state index in [2.05, 4.69) is 5.10 Å². The molecule has 0 spiro atoms. The van der Waals surface area contributed by atoms with E-state index in [4.69, 9.17) is 10.5 Å². The van der Waals surface area contributed by atoms with Gasteiger partial charge in [0.2, 0.25) is 0 Å². The maximum absolute atomic E-state index is 11.7. The van der Waals surface area contributed by atoms with Gasteiger partial charge in [0.05, 0.1) is 12.6 Å². The largest absolute Gasteiger partial charge is 0.491 e. The number of ether oxygens (including phenoxy) is 1. The minimum atomic E-state index is -0.663. The number of nitrogens with two attached hydrogens (primary N) is 1. The molecule has 1 aromatic heterocycles. The number of aromatic nitrogens is 2. The highest BCUT2D eigenvalue weighted by Gasteiger charge is 2.06. The van der Waals surface area contributed by atoms with Crippen LogP contribution in [0.5, 0.6) is 5.75 Å². The molecule has 6 nitrogen and oxygen atoms in total. The predicted molar refractivity (Wildman–Crippen MR) is 78.3 cm³/mol. The summed E-state index contributed by atoms with van der Waals surface area (Å²) in [5.41, 5.74) is 5.81. The molecule has 110 valence electrons. The third-order valence-electron chi connectivity index (χ3n) is 2.75. The lowest BCUT2D eigenvalue weighted by molar-refractivity contribution is 0.0993. The zero-order valence-corrected chi connectivity index (χ0v) is 11.9. The van der Waals surface area contributed by atoms with E-state index in [0.29, 0.717) is 0 Å². The fourth-order valence-corrected chi connectivity index (χ4v) is 1.81. The summed E-state index contributed by atoms with van der Waals surface area (Å²) in [5, 5.41) is 3.94. The summed E-state index contributed by atoms with van der Waals surface area (Å²) in [6, 6.07) is 9.96. The minimum Gasteiger partial charge on any atom is -0.491 e. The number of primary amides is 1. The van der Waals surface area contributed by atoms with Crippen LogP contribution in [0.2, 0.25) is 0 Å². The number of hydrogen-bond acceptors (Lipinski definition) is 4. The van der Waals surface area contributed by atoms with Gasteiger partial charge < -0.3 is 10.5 Å². The van der Waals surface area contributed by atoms with Crippen molar-refractivity contribution in [3.63, 3.8) is 0 Å². The monoisotopic (exact) mass is 287 g/mol. The van der Waals surface area contributed by atoms with E-state index in [1.54, 1.807) is 0 Å². The SMILES string of the molecule is CC(C)Oc1ccc(Cn2nc(C(N)=O)ccc2=O)cc1. The van der Waals surface area contributed by atoms with Gasteiger partial charge in [0, 0.05) is 6.07 Å². The fraction of sp³-hybridized carbons (Fsp3) is 0.267. The molecule has 2 rings (SSSR count). The highest BCUT2D eigenvalue weighted by molar-refractivity contribution is 5.90. The lowest BCUT2D eigenvalue weighted by atomic mass is 10.2. The average molecular weight is 287 g/mol. The molecule has 0 aliphatic heterocycles. The van der Waals surface area contributed by atoms with E-state index < -0.39 is 5.91 Å². The van der Waals surface area contributed by atoms with Gasteiger partial charge in [-0.25, -0.2) is 4.68 Å². The highest BCUT2D eigenvalue weighted by atomic mass is 16.5. The van der Waals surface area contributed by atoms with Crippen LogP contribution in [0, 0.1) is 0 Å². The standard InChI is InChI=1S/C15H17N3O3/c1-10(2)21-12-5-3-11(4-6-12)9-18-14(19)8-7-13(17-18)15(16)20/h3-8,10H,9H2,1-2H3,(H2,16,20). The molecule has 0 saturated carbocycles. The molecule has 0 aliphatic carbocycles. The van der Waals surface area contributed by atoms with Crippen molar-refractivity contribution in [2.75, 3.05) is 0 Å². The number of hydrogen-bond donors (Lipinski definition) is 1. The van der Waals surface area contributed by atoms with E-state index >= 15 is 0 Å². The van der Waals surface area contributed by atoms with Gasteiger partial charge in [-0.1, -0.05) is 12.1 Å². The molecule has 1 aromatic carbocycles. The van der Waals surface area contributed by atoms with Crippen molar-refractivity contribution >= 4 is 5.91 Å². The topological polar surface area (TPSA) is 87.2 Å². The maximum Gasteiger partial charge on any atom is 0.269 e. The number of carbonyl (C=O) groups excluding carboxylic acids is 1. The summed E-state index contributed by atoms with van der Waals surface area (Å²) in [4.78, 5) is 22.8. The Morgan fingerprint density at radius 1 is 1.24 bits per heavy atom. The Hall–Kier alpha value is -2.63. The van der Waals surface area contributed by atoms with Crippen LogP contribution >= 0.6 is 0 Å². The van der Waals surface area contributed by atoms with Crippen LogP contribution in [-0.2, 0) is 6.54 Å². The van der Waals surface area contributed by atoms with Gasteiger partial charge in [-0.05, 0) is 37.6 Å². The molecule has 0 saturated heterocycles. The molecular weight excluding hydrogens is 270 g/mol. The molecule has 1 heterocycles. The summed E-state index contributed by atoms with van der Waals surface area (Å²) < 4.78 is 6.76. The second kappa shape index (κ2) is 6.21. The normalized spacial score (nSPS) is 10.6. The molecule has 6 heteroatoms. The molecule has 0 radical (unpaired) electrons. The summed E-state index contributed by atoms with van der Waals surface area (Å²) in [7, 11) is 0. The number of amides is 1. The lowest BCUT2D eigenvalue weighted by Crippen LogP contribution is -2.26. The molecular formula is C15H17N3O3. The maximum atomic E-state index is 11.7. The van der Waals surface area contributed by atoms with E-state index in [9.17, 15) is 9.59 Å². The Labute approximate surface area is 122 Å². The second-order valence-electron chi connectivity index (χ2n) is 4.89. The van der Waals surface area contributed by atoms with E-state index in [1.165, 1.54) is 16.8 Å². The Morgan fingerprint density at radius 3 is 2.48 bits per heavy atom. The van der Waals surface area contributed by atoms with Gasteiger partial charge in [-0.2, -0.15) is 5.10 Å². The molecule has 2 N–H and O–H groups in total. The van der Waals surface area contributed by atoms with Gasteiger partial charge in [-0.3, -0.25) is 9.59 Å². The van der Waals surface area contributed by atoms with E-state index in [0.717, 1.165) is 11.3 Å². The van der Waals surface area contributed by atoms with E-state index in [1.807, 2.05) is 38.1 Å². The minimum absolute atomic E-state index is 0.0642. The van der Waals surface area contributed by atoms with Crippen LogP contribution in [0.1, 0.15) is 29.9 Å². The lowest BCUT2D eigenvalue weighted by Gasteiger charge is -2.10. The van der Waals surface area contributed by atoms with Gasteiger partial charge in [0.1, 0.15) is 11.4 Å². The smallest absolute Gasteiger partial charge is 0.269 e. The van der Waals surface area contributed by atoms with Crippen molar-refractivity contribution in [3.05, 3.63) is 58.0 Å². The van der Waals surface area contributed by atoms with Crippen molar-refractivity contribution in [3.8, 4) is 5.75 Å². The number of benzene rings is 1. The average Bonchev–Trinajstić information content (AvgIpc) is 2.42. The number of nitrogens with zero attached hydrogens (tertiary/aromatic N) is 2. The molecule has 1 amide bonds. The van der Waals surface area contributed by atoms with Crippen LogP contribution in [0.3, 0.4) is 0 Å². The van der Waals surface area contributed by atoms with Crippen molar-refractivity contribution < 1.29 is 9.53 Å². The molecule has 21 heavy (non-hydrogen) atoms. The predicted octanol–water partition coefficient (Wildman–Crippen LogP) is 1.18. The number of carbonyl (C=O) groups is 1. The van der Waals surface area contributed by atoms with Crippen molar-refractivity contribution in [1.29, 1.82) is 0 Å². The first-order chi connectivity index (χ1) is 9.95. The summed E-state index contributed by atoms with van der Waals surface area (Å²) in [6.45, 7) is 4.17. The zero-order chi connectivity index (χ0) is 15.4. The van der Waals surface area contributed by atoms with Gasteiger partial charge in [0.15, 0.2) is 0 Å². The third kappa shape index (κ3) is 3.92. The zero-order valence-electron chi connectivity index (χ0n) is 11.9. The Morgan fingerprint density at radius 2 is 1.90 bits per heavy atom. The summed E-state index contributed by atoms with van der Waals surface area (Å²) >= 11 is 0. The first-order valence-corrected chi connectivity index (χ1v) is 6.59. The first-order valence-electron chi connectivity index (χ1n) is 6.59. The summed E-state index contributed by atoms with van der Waals surface area (Å²) in [5.74, 6) is 0.101. The second-order valence-corrected chi connectivity index (χ2v) is 4.89. The highest BCUT2D eigenvalue weighted by Crippen LogP contribution is 2.14. The number of rotatable bonds is 5. The van der Waals surface area contributed by atoms with Crippen LogP contribution in [0.4, 0.5) is 0 Å². The van der Waals surface area contributed by atoms with Crippen LogP contribution in [-0.4, -0.2) is 21.8 Å². The van der Waals surface area contributed by atoms with Crippen molar-refractivity contribution in [2.24, 2.45) is 5.73 Å². The van der Waals surface area contributed by atoms with Crippen LogP contribution in [0.25, 0.3) is 0 Å². The Bertz CT molecular complexity index is 690. The summed E-state index contributed by atoms with van der Waals surface area (Å²) in [6.07, 6.45) is 0.104. The van der Waals surface area contributed by atoms with Gasteiger partial charge in [0.25, 0.3) is 11.5 Å².